The number of nitrogens with one attached hydrogen (secondary N) is 2. The first kappa shape index (κ1) is 26.1. The third-order valence-corrected chi connectivity index (χ3v) is 3.77. The van der Waals surface area contributed by atoms with E-state index in [1.807, 2.05) is 6.92 Å². The van der Waals surface area contributed by atoms with Gasteiger partial charge in [-0.05, 0) is 26.8 Å². The Morgan fingerprint density at radius 2 is 1.75 bits per heavy atom. The summed E-state index contributed by atoms with van der Waals surface area (Å²) in [5.41, 5.74) is -0.679. The lowest BCUT2D eigenvalue weighted by Gasteiger charge is -2.26. The van der Waals surface area contributed by atoms with Crippen LogP contribution in [0.5, 0.6) is 0 Å². The number of rotatable bonds is 13. The maximum Gasteiger partial charge on any atom is 0.191 e. The fraction of sp³-hybridized carbons (Fsp3) is 0.941. The van der Waals surface area contributed by atoms with Crippen LogP contribution in [0, 0.1) is 0 Å². The third kappa shape index (κ3) is 13.2. The summed E-state index contributed by atoms with van der Waals surface area (Å²) in [6.45, 7) is 10.9. The summed E-state index contributed by atoms with van der Waals surface area (Å²) in [7, 11) is 3.79. The Labute approximate surface area is 165 Å². The van der Waals surface area contributed by atoms with Crippen LogP contribution < -0.4 is 10.6 Å². The van der Waals surface area contributed by atoms with Gasteiger partial charge < -0.3 is 25.4 Å². The van der Waals surface area contributed by atoms with Gasteiger partial charge in [-0.25, -0.2) is 0 Å². The molecule has 0 unspecified atom stereocenters. The van der Waals surface area contributed by atoms with Crippen molar-refractivity contribution in [2.75, 3.05) is 53.5 Å². The van der Waals surface area contributed by atoms with E-state index in [2.05, 4.69) is 41.4 Å². The molecule has 0 heterocycles. The van der Waals surface area contributed by atoms with Crippen molar-refractivity contribution in [2.24, 2.45) is 4.99 Å². The predicted molar refractivity (Wildman–Crippen MR) is 114 cm³/mol. The minimum atomic E-state index is -0.679. The van der Waals surface area contributed by atoms with Gasteiger partial charge in [0.05, 0.1) is 18.8 Å². The lowest BCUT2D eigenvalue weighted by molar-refractivity contribution is 0.0306. The number of hydrogen-bond acceptors (Lipinski definition) is 4. The van der Waals surface area contributed by atoms with Gasteiger partial charge in [-0.1, -0.05) is 26.7 Å². The van der Waals surface area contributed by atoms with E-state index < -0.39 is 5.60 Å². The highest BCUT2D eigenvalue weighted by Crippen LogP contribution is 2.19. The van der Waals surface area contributed by atoms with Crippen molar-refractivity contribution in [3.05, 3.63) is 0 Å². The fourth-order valence-electron chi connectivity index (χ4n) is 2.51. The molecule has 0 fully saturated rings. The average molecular weight is 458 g/mol. The molecular formula is C17H39IN4O2. The van der Waals surface area contributed by atoms with Crippen molar-refractivity contribution < 1.29 is 9.84 Å². The first-order valence-electron chi connectivity index (χ1n) is 8.93. The summed E-state index contributed by atoms with van der Waals surface area (Å²) in [6.07, 6.45) is 3.54. The van der Waals surface area contributed by atoms with Gasteiger partial charge in [0, 0.05) is 33.3 Å². The highest BCUT2D eigenvalue weighted by atomic mass is 127. The smallest absolute Gasteiger partial charge is 0.191 e. The number of hydrogen-bond donors (Lipinski definition) is 3. The Morgan fingerprint density at radius 3 is 2.25 bits per heavy atom. The molecule has 146 valence electrons. The Hall–Kier alpha value is -0.120. The molecule has 7 heteroatoms. The topological polar surface area (TPSA) is 69.1 Å². The molecule has 0 atom stereocenters. The van der Waals surface area contributed by atoms with Gasteiger partial charge in [-0.15, -0.1) is 24.0 Å². The molecule has 0 aromatic carbocycles. The van der Waals surface area contributed by atoms with Gasteiger partial charge in [0.25, 0.3) is 0 Å². The normalized spacial score (nSPS) is 12.2. The molecule has 0 radical (unpaired) electrons. The summed E-state index contributed by atoms with van der Waals surface area (Å²) < 4.78 is 5.07. The van der Waals surface area contributed by atoms with E-state index in [1.54, 1.807) is 7.11 Å². The molecule has 3 N–H and O–H groups in total. The first-order valence-corrected chi connectivity index (χ1v) is 8.93. The van der Waals surface area contributed by atoms with E-state index in [1.165, 1.54) is 0 Å². The summed E-state index contributed by atoms with van der Waals surface area (Å²) in [4.78, 5) is 6.80. The van der Waals surface area contributed by atoms with Crippen molar-refractivity contribution in [3.63, 3.8) is 0 Å². The standard InChI is InChI=1S/C17H38N4O2.HI/c1-6-9-17(22,10-7-2)15-20-16(18-8-3)19-11-12-21(4)13-14-23-5;/h22H,6-15H2,1-5H3,(H2,18,19,20);1H. The van der Waals surface area contributed by atoms with Gasteiger partial charge in [0.2, 0.25) is 0 Å². The number of methoxy groups -OCH3 is 1. The molecule has 0 aliphatic carbocycles. The van der Waals surface area contributed by atoms with E-state index in [4.69, 9.17) is 4.74 Å². The fourth-order valence-corrected chi connectivity index (χ4v) is 2.51. The third-order valence-electron chi connectivity index (χ3n) is 3.77. The van der Waals surface area contributed by atoms with Crippen LogP contribution in [-0.2, 0) is 4.74 Å². The Kier molecular flexibility index (Phi) is 17.8. The van der Waals surface area contributed by atoms with Gasteiger partial charge >= 0.3 is 0 Å². The maximum absolute atomic E-state index is 10.7. The van der Waals surface area contributed by atoms with E-state index in [0.29, 0.717) is 6.54 Å². The van der Waals surface area contributed by atoms with Crippen LogP contribution in [-0.4, -0.2) is 75.1 Å². The van der Waals surface area contributed by atoms with Crippen LogP contribution in [0.1, 0.15) is 46.5 Å². The molecule has 0 saturated heterocycles. The van der Waals surface area contributed by atoms with Crippen LogP contribution in [0.3, 0.4) is 0 Å². The molecule has 0 rings (SSSR count). The molecule has 0 aliphatic rings. The second-order valence-corrected chi connectivity index (χ2v) is 6.14. The molecule has 0 saturated carbocycles. The number of guanidine groups is 1. The lowest BCUT2D eigenvalue weighted by atomic mass is 9.93. The summed E-state index contributed by atoms with van der Waals surface area (Å²) >= 11 is 0. The first-order chi connectivity index (χ1) is 11.0. The number of aliphatic imine (C=N–C) groups is 1. The lowest BCUT2D eigenvalue weighted by Crippen LogP contribution is -2.43. The van der Waals surface area contributed by atoms with Crippen LogP contribution >= 0.6 is 24.0 Å². The monoisotopic (exact) mass is 458 g/mol. The second kappa shape index (κ2) is 16.4. The number of aliphatic hydroxyl groups is 1. The van der Waals surface area contributed by atoms with Crippen LogP contribution in [0.15, 0.2) is 4.99 Å². The van der Waals surface area contributed by atoms with Crippen molar-refractivity contribution >= 4 is 29.9 Å². The molecule has 0 spiro atoms. The largest absolute Gasteiger partial charge is 0.388 e. The highest BCUT2D eigenvalue weighted by Gasteiger charge is 2.24. The summed E-state index contributed by atoms with van der Waals surface area (Å²) in [5.74, 6) is 0.776. The van der Waals surface area contributed by atoms with E-state index in [0.717, 1.165) is 64.4 Å². The van der Waals surface area contributed by atoms with Gasteiger partial charge in [-0.3, -0.25) is 4.99 Å². The SMILES string of the molecule is CCCC(O)(CCC)CN=C(NCC)NCCN(C)CCOC.I. The van der Waals surface area contributed by atoms with Gasteiger partial charge in [-0.2, -0.15) is 0 Å². The molecular weight excluding hydrogens is 419 g/mol. The maximum atomic E-state index is 10.7. The van der Waals surface area contributed by atoms with Crippen LogP contribution in [0.2, 0.25) is 0 Å². The van der Waals surface area contributed by atoms with Gasteiger partial charge in [0.1, 0.15) is 0 Å². The zero-order chi connectivity index (χ0) is 17.6. The van der Waals surface area contributed by atoms with E-state index in [9.17, 15) is 5.11 Å². The average Bonchev–Trinajstić information content (AvgIpc) is 2.51. The van der Waals surface area contributed by atoms with E-state index >= 15 is 0 Å². The predicted octanol–water partition coefficient (Wildman–Crippen LogP) is 2.07. The Morgan fingerprint density at radius 1 is 1.12 bits per heavy atom. The van der Waals surface area contributed by atoms with Crippen LogP contribution in [0.4, 0.5) is 0 Å². The summed E-state index contributed by atoms with van der Waals surface area (Å²) in [5, 5.41) is 17.2. The zero-order valence-corrected chi connectivity index (χ0v) is 18.6. The zero-order valence-electron chi connectivity index (χ0n) is 16.2. The molecule has 6 nitrogen and oxygen atoms in total. The number of likely N-dealkylation sites (N-methyl/N-ethyl adjacent to an activating group) is 1. The second-order valence-electron chi connectivity index (χ2n) is 6.14. The number of nitrogens with zero attached hydrogens (tertiary/aromatic N) is 2. The molecule has 0 amide bonds. The van der Waals surface area contributed by atoms with Crippen molar-refractivity contribution in [1.29, 1.82) is 0 Å². The van der Waals surface area contributed by atoms with Crippen LogP contribution in [0.25, 0.3) is 0 Å². The minimum Gasteiger partial charge on any atom is -0.388 e. The summed E-state index contributed by atoms with van der Waals surface area (Å²) in [6, 6.07) is 0. The molecule has 0 aromatic heterocycles. The minimum absolute atomic E-state index is 0. The highest BCUT2D eigenvalue weighted by molar-refractivity contribution is 14.0. The molecule has 24 heavy (non-hydrogen) atoms. The van der Waals surface area contributed by atoms with Crippen molar-refractivity contribution in [1.82, 2.24) is 15.5 Å². The molecule has 0 bridgehead atoms. The number of halogens is 1. The van der Waals surface area contributed by atoms with Gasteiger partial charge in [0.15, 0.2) is 5.96 Å². The van der Waals surface area contributed by atoms with Crippen molar-refractivity contribution in [3.8, 4) is 0 Å². The van der Waals surface area contributed by atoms with E-state index in [-0.39, 0.29) is 24.0 Å². The molecule has 0 aliphatic heterocycles. The van der Waals surface area contributed by atoms with Crippen molar-refractivity contribution in [2.45, 2.75) is 52.1 Å². The Balaban J connectivity index is 0. The Bertz CT molecular complexity index is 311. The molecule has 0 aromatic rings. The number of ether oxygens (including phenoxy) is 1. The quantitative estimate of drug-likeness (QED) is 0.224.